The van der Waals surface area contributed by atoms with E-state index in [1.165, 1.54) is 12.1 Å². The van der Waals surface area contributed by atoms with E-state index >= 15 is 0 Å². The summed E-state index contributed by atoms with van der Waals surface area (Å²) in [5.41, 5.74) is 0.345. The van der Waals surface area contributed by atoms with Crippen LogP contribution in [0, 0.1) is 5.92 Å². The van der Waals surface area contributed by atoms with E-state index in [1.54, 1.807) is 6.07 Å². The average molecular weight is 242 g/mol. The predicted octanol–water partition coefficient (Wildman–Crippen LogP) is 2.02. The first-order chi connectivity index (χ1) is 7.65. The SMILES string of the molecule is O=C(CC1COC1)Nc1cc(Cl)ccc1O. The molecule has 1 aromatic carbocycles. The van der Waals surface area contributed by atoms with Crippen molar-refractivity contribution >= 4 is 23.2 Å². The second-order valence-electron chi connectivity index (χ2n) is 3.82. The molecule has 1 aromatic rings. The van der Waals surface area contributed by atoms with Crippen LogP contribution in [0.4, 0.5) is 5.69 Å². The Morgan fingerprint density at radius 3 is 2.94 bits per heavy atom. The number of amides is 1. The van der Waals surface area contributed by atoms with Crippen LogP contribution in [0.5, 0.6) is 5.75 Å². The summed E-state index contributed by atoms with van der Waals surface area (Å²) < 4.78 is 4.98. The van der Waals surface area contributed by atoms with Gasteiger partial charge >= 0.3 is 0 Å². The summed E-state index contributed by atoms with van der Waals surface area (Å²) in [7, 11) is 0. The molecule has 1 aliphatic rings. The molecule has 2 N–H and O–H groups in total. The number of halogens is 1. The fourth-order valence-corrected chi connectivity index (χ4v) is 1.65. The van der Waals surface area contributed by atoms with Gasteiger partial charge in [0.1, 0.15) is 5.75 Å². The number of aromatic hydroxyl groups is 1. The molecule has 2 rings (SSSR count). The van der Waals surface area contributed by atoms with Crippen LogP contribution in [0.1, 0.15) is 6.42 Å². The molecule has 16 heavy (non-hydrogen) atoms. The Morgan fingerprint density at radius 2 is 2.31 bits per heavy atom. The standard InChI is InChI=1S/C11H12ClNO3/c12-8-1-2-10(14)9(4-8)13-11(15)3-7-5-16-6-7/h1-2,4,7,14H,3,5-6H2,(H,13,15). The zero-order chi connectivity index (χ0) is 11.5. The number of ether oxygens (including phenoxy) is 1. The summed E-state index contributed by atoms with van der Waals surface area (Å²) >= 11 is 5.76. The number of hydrogen-bond donors (Lipinski definition) is 2. The van der Waals surface area contributed by atoms with E-state index in [0.717, 1.165) is 0 Å². The van der Waals surface area contributed by atoms with Gasteiger partial charge in [0.2, 0.25) is 5.91 Å². The van der Waals surface area contributed by atoms with Crippen molar-refractivity contribution in [2.45, 2.75) is 6.42 Å². The number of benzene rings is 1. The highest BCUT2D eigenvalue weighted by molar-refractivity contribution is 6.31. The van der Waals surface area contributed by atoms with Crippen molar-refractivity contribution in [2.24, 2.45) is 5.92 Å². The van der Waals surface area contributed by atoms with E-state index in [4.69, 9.17) is 16.3 Å². The maximum absolute atomic E-state index is 11.6. The summed E-state index contributed by atoms with van der Waals surface area (Å²) in [6.45, 7) is 1.27. The fourth-order valence-electron chi connectivity index (χ4n) is 1.47. The Kier molecular flexibility index (Phi) is 3.31. The Morgan fingerprint density at radius 1 is 1.56 bits per heavy atom. The predicted molar refractivity (Wildman–Crippen MR) is 60.7 cm³/mol. The first kappa shape index (κ1) is 11.2. The number of rotatable bonds is 3. The molecule has 5 heteroatoms. The van der Waals surface area contributed by atoms with Gasteiger partial charge in [-0.05, 0) is 18.2 Å². The van der Waals surface area contributed by atoms with E-state index in [0.29, 0.717) is 36.3 Å². The number of carbonyl (C=O) groups excluding carboxylic acids is 1. The van der Waals surface area contributed by atoms with Crippen molar-refractivity contribution in [3.05, 3.63) is 23.2 Å². The largest absolute Gasteiger partial charge is 0.506 e. The Balaban J connectivity index is 1.96. The van der Waals surface area contributed by atoms with E-state index in [2.05, 4.69) is 5.32 Å². The molecule has 0 spiro atoms. The van der Waals surface area contributed by atoms with Gasteiger partial charge in [-0.15, -0.1) is 0 Å². The van der Waals surface area contributed by atoms with Gasteiger partial charge in [0.15, 0.2) is 0 Å². The molecule has 4 nitrogen and oxygen atoms in total. The lowest BCUT2D eigenvalue weighted by molar-refractivity contribution is -0.121. The lowest BCUT2D eigenvalue weighted by atomic mass is 10.0. The molecular weight excluding hydrogens is 230 g/mol. The minimum absolute atomic E-state index is 0.0163. The van der Waals surface area contributed by atoms with Gasteiger partial charge in [0.25, 0.3) is 0 Å². The summed E-state index contributed by atoms with van der Waals surface area (Å²) in [5.74, 6) is 0.176. The molecule has 0 atom stereocenters. The maximum Gasteiger partial charge on any atom is 0.224 e. The molecule has 1 heterocycles. The number of phenols is 1. The topological polar surface area (TPSA) is 58.6 Å². The second kappa shape index (κ2) is 4.72. The highest BCUT2D eigenvalue weighted by atomic mass is 35.5. The highest BCUT2D eigenvalue weighted by Crippen LogP contribution is 2.27. The molecule has 0 saturated carbocycles. The summed E-state index contributed by atoms with van der Waals surface area (Å²) in [6.07, 6.45) is 0.409. The zero-order valence-corrected chi connectivity index (χ0v) is 9.33. The summed E-state index contributed by atoms with van der Waals surface area (Å²) in [5, 5.41) is 12.6. The second-order valence-corrected chi connectivity index (χ2v) is 4.25. The number of carbonyl (C=O) groups is 1. The average Bonchev–Trinajstić information content (AvgIpc) is 2.18. The van der Waals surface area contributed by atoms with Crippen molar-refractivity contribution in [3.8, 4) is 5.75 Å². The minimum atomic E-state index is -0.133. The first-order valence-corrected chi connectivity index (χ1v) is 5.39. The van der Waals surface area contributed by atoms with Crippen molar-refractivity contribution in [1.82, 2.24) is 0 Å². The van der Waals surface area contributed by atoms with Crippen LogP contribution in [0.15, 0.2) is 18.2 Å². The van der Waals surface area contributed by atoms with Gasteiger partial charge in [0, 0.05) is 17.4 Å². The van der Waals surface area contributed by atoms with Crippen LogP contribution in [0.2, 0.25) is 5.02 Å². The Labute approximate surface area is 98.2 Å². The quantitative estimate of drug-likeness (QED) is 0.796. The Hall–Kier alpha value is -1.26. The van der Waals surface area contributed by atoms with Crippen molar-refractivity contribution in [3.63, 3.8) is 0 Å². The molecule has 0 aliphatic carbocycles. The van der Waals surface area contributed by atoms with Crippen LogP contribution in [0.3, 0.4) is 0 Å². The third kappa shape index (κ3) is 2.65. The third-order valence-electron chi connectivity index (χ3n) is 2.41. The molecule has 0 aromatic heterocycles. The first-order valence-electron chi connectivity index (χ1n) is 5.01. The maximum atomic E-state index is 11.6. The van der Waals surface area contributed by atoms with Crippen LogP contribution in [-0.2, 0) is 9.53 Å². The van der Waals surface area contributed by atoms with Gasteiger partial charge in [-0.2, -0.15) is 0 Å². The zero-order valence-electron chi connectivity index (χ0n) is 8.57. The molecular formula is C11H12ClNO3. The van der Waals surface area contributed by atoms with Crippen LogP contribution in [0.25, 0.3) is 0 Å². The lowest BCUT2D eigenvalue weighted by Gasteiger charge is -2.25. The van der Waals surface area contributed by atoms with Crippen LogP contribution >= 0.6 is 11.6 Å². The van der Waals surface area contributed by atoms with Crippen molar-refractivity contribution in [2.75, 3.05) is 18.5 Å². The molecule has 0 bridgehead atoms. The van der Waals surface area contributed by atoms with Gasteiger partial charge < -0.3 is 15.2 Å². The molecule has 0 radical (unpaired) electrons. The number of hydrogen-bond acceptors (Lipinski definition) is 3. The summed E-state index contributed by atoms with van der Waals surface area (Å²) in [6, 6.07) is 4.53. The van der Waals surface area contributed by atoms with E-state index in [9.17, 15) is 9.90 Å². The smallest absolute Gasteiger partial charge is 0.224 e. The van der Waals surface area contributed by atoms with Gasteiger partial charge in [-0.25, -0.2) is 0 Å². The van der Waals surface area contributed by atoms with E-state index < -0.39 is 0 Å². The number of nitrogens with one attached hydrogen (secondary N) is 1. The fraction of sp³-hybridized carbons (Fsp3) is 0.364. The molecule has 1 fully saturated rings. The van der Waals surface area contributed by atoms with Gasteiger partial charge in [-0.3, -0.25) is 4.79 Å². The monoisotopic (exact) mass is 241 g/mol. The van der Waals surface area contributed by atoms with Crippen molar-refractivity contribution < 1.29 is 14.6 Å². The Bertz CT molecular complexity index is 404. The van der Waals surface area contributed by atoms with E-state index in [1.807, 2.05) is 0 Å². The number of phenolic OH excluding ortho intramolecular Hbond substituents is 1. The lowest BCUT2D eigenvalue weighted by Crippen LogP contribution is -2.31. The van der Waals surface area contributed by atoms with Crippen molar-refractivity contribution in [1.29, 1.82) is 0 Å². The third-order valence-corrected chi connectivity index (χ3v) is 2.65. The van der Waals surface area contributed by atoms with E-state index in [-0.39, 0.29) is 11.7 Å². The normalized spacial score (nSPS) is 15.6. The minimum Gasteiger partial charge on any atom is -0.506 e. The molecule has 1 saturated heterocycles. The molecule has 1 amide bonds. The number of anilines is 1. The van der Waals surface area contributed by atoms with Gasteiger partial charge in [0.05, 0.1) is 18.9 Å². The molecule has 86 valence electrons. The van der Waals surface area contributed by atoms with Crippen LogP contribution in [-0.4, -0.2) is 24.2 Å². The van der Waals surface area contributed by atoms with Gasteiger partial charge in [-0.1, -0.05) is 11.6 Å². The molecule has 0 unspecified atom stereocenters. The summed E-state index contributed by atoms with van der Waals surface area (Å²) in [4.78, 5) is 11.6. The molecule has 1 aliphatic heterocycles. The highest BCUT2D eigenvalue weighted by Gasteiger charge is 2.21. The van der Waals surface area contributed by atoms with Crippen LogP contribution < -0.4 is 5.32 Å².